The summed E-state index contributed by atoms with van der Waals surface area (Å²) in [5, 5.41) is 2.82. The molecule has 2 amide bonds. The van der Waals surface area contributed by atoms with Crippen LogP contribution in [-0.4, -0.2) is 24.9 Å². The summed E-state index contributed by atoms with van der Waals surface area (Å²) in [5.41, 5.74) is 0.247. The van der Waals surface area contributed by atoms with Gasteiger partial charge in [0.05, 0.1) is 11.6 Å². The Labute approximate surface area is 118 Å². The molecule has 1 unspecified atom stereocenters. The maximum atomic E-state index is 13.7. The lowest BCUT2D eigenvalue weighted by Gasteiger charge is -2.17. The molecule has 4 nitrogen and oxygen atoms in total. The second-order valence-electron chi connectivity index (χ2n) is 5.50. The number of rotatable bonds is 4. The van der Waals surface area contributed by atoms with E-state index in [1.165, 1.54) is 11.0 Å². The van der Waals surface area contributed by atoms with Crippen molar-refractivity contribution in [3.8, 4) is 0 Å². The van der Waals surface area contributed by atoms with Crippen molar-refractivity contribution in [2.24, 2.45) is 11.8 Å². The molecule has 5 heteroatoms. The van der Waals surface area contributed by atoms with Crippen LogP contribution in [-0.2, 0) is 9.59 Å². The van der Waals surface area contributed by atoms with Gasteiger partial charge in [-0.2, -0.15) is 0 Å². The van der Waals surface area contributed by atoms with E-state index in [1.54, 1.807) is 18.2 Å². The zero-order valence-corrected chi connectivity index (χ0v) is 11.7. The molecule has 0 aromatic heterocycles. The van der Waals surface area contributed by atoms with Gasteiger partial charge in [-0.05, 0) is 18.1 Å². The molecule has 0 bridgehead atoms. The smallest absolute Gasteiger partial charge is 0.227 e. The average Bonchev–Trinajstić information content (AvgIpc) is 2.78. The van der Waals surface area contributed by atoms with Gasteiger partial charge in [0.1, 0.15) is 5.82 Å². The summed E-state index contributed by atoms with van der Waals surface area (Å²) in [5.74, 6) is -0.825. The number of nitrogens with zero attached hydrogens (tertiary/aromatic N) is 1. The minimum atomic E-state index is -0.441. The predicted molar refractivity (Wildman–Crippen MR) is 74.7 cm³/mol. The molecule has 2 rings (SSSR count). The molecular formula is C15H19FN2O2. The Hall–Kier alpha value is -1.91. The minimum Gasteiger partial charge on any atom is -0.356 e. The van der Waals surface area contributed by atoms with Gasteiger partial charge in [0.15, 0.2) is 0 Å². The van der Waals surface area contributed by atoms with Gasteiger partial charge in [-0.25, -0.2) is 4.39 Å². The number of anilines is 1. The van der Waals surface area contributed by atoms with Crippen LogP contribution >= 0.6 is 0 Å². The Morgan fingerprint density at radius 2 is 2.15 bits per heavy atom. The number of hydrogen-bond acceptors (Lipinski definition) is 2. The van der Waals surface area contributed by atoms with Crippen molar-refractivity contribution >= 4 is 17.5 Å². The number of halogens is 1. The van der Waals surface area contributed by atoms with Crippen LogP contribution in [0, 0.1) is 17.7 Å². The van der Waals surface area contributed by atoms with Gasteiger partial charge in [0, 0.05) is 19.5 Å². The molecule has 108 valence electrons. The molecule has 1 aromatic carbocycles. The van der Waals surface area contributed by atoms with E-state index in [4.69, 9.17) is 0 Å². The van der Waals surface area contributed by atoms with Gasteiger partial charge in [-0.3, -0.25) is 9.59 Å². The summed E-state index contributed by atoms with van der Waals surface area (Å²) < 4.78 is 13.7. The summed E-state index contributed by atoms with van der Waals surface area (Å²) in [6, 6.07) is 6.13. The highest BCUT2D eigenvalue weighted by Crippen LogP contribution is 2.27. The molecule has 0 radical (unpaired) electrons. The van der Waals surface area contributed by atoms with Gasteiger partial charge in [-0.15, -0.1) is 0 Å². The van der Waals surface area contributed by atoms with Crippen LogP contribution in [0.1, 0.15) is 20.3 Å². The Morgan fingerprint density at radius 3 is 2.80 bits per heavy atom. The van der Waals surface area contributed by atoms with E-state index >= 15 is 0 Å². The normalized spacial score (nSPS) is 18.7. The maximum Gasteiger partial charge on any atom is 0.227 e. The molecule has 20 heavy (non-hydrogen) atoms. The third kappa shape index (κ3) is 3.15. The van der Waals surface area contributed by atoms with Crippen LogP contribution < -0.4 is 10.2 Å². The number of nitrogens with one attached hydrogen (secondary N) is 1. The standard InChI is InChI=1S/C15H19FN2O2/c1-10(2)8-17-15(20)11-7-14(19)18(9-11)13-6-4-3-5-12(13)16/h3-6,10-11H,7-9H2,1-2H3,(H,17,20). The van der Waals surface area contributed by atoms with Gasteiger partial charge in [0.25, 0.3) is 0 Å². The highest BCUT2D eigenvalue weighted by Gasteiger charge is 2.35. The summed E-state index contributed by atoms with van der Waals surface area (Å²) in [7, 11) is 0. The summed E-state index contributed by atoms with van der Waals surface area (Å²) in [6.07, 6.45) is 0.137. The van der Waals surface area contributed by atoms with Crippen molar-refractivity contribution < 1.29 is 14.0 Å². The van der Waals surface area contributed by atoms with E-state index in [2.05, 4.69) is 5.32 Å². The second-order valence-corrected chi connectivity index (χ2v) is 5.50. The Morgan fingerprint density at radius 1 is 1.45 bits per heavy atom. The summed E-state index contributed by atoms with van der Waals surface area (Å²) in [6.45, 7) is 4.84. The van der Waals surface area contributed by atoms with Crippen molar-refractivity contribution in [2.75, 3.05) is 18.0 Å². The van der Waals surface area contributed by atoms with Crippen LogP contribution in [0.5, 0.6) is 0 Å². The highest BCUT2D eigenvalue weighted by atomic mass is 19.1. The Bertz CT molecular complexity index is 516. The van der Waals surface area contributed by atoms with Crippen LogP contribution in [0.25, 0.3) is 0 Å². The van der Waals surface area contributed by atoms with Crippen molar-refractivity contribution in [3.63, 3.8) is 0 Å². The van der Waals surface area contributed by atoms with Crippen molar-refractivity contribution in [3.05, 3.63) is 30.1 Å². The molecule has 1 aliphatic heterocycles. The lowest BCUT2D eigenvalue weighted by Crippen LogP contribution is -2.35. The molecule has 1 atom stereocenters. The van der Waals surface area contributed by atoms with Crippen molar-refractivity contribution in [1.29, 1.82) is 0 Å². The molecule has 0 spiro atoms. The number of carbonyl (C=O) groups is 2. The first-order chi connectivity index (χ1) is 9.49. The van der Waals surface area contributed by atoms with Gasteiger partial charge in [0.2, 0.25) is 11.8 Å². The lowest BCUT2D eigenvalue weighted by atomic mass is 10.1. The zero-order valence-electron chi connectivity index (χ0n) is 11.7. The summed E-state index contributed by atoms with van der Waals surface area (Å²) in [4.78, 5) is 25.3. The first-order valence-electron chi connectivity index (χ1n) is 6.81. The van der Waals surface area contributed by atoms with Gasteiger partial charge >= 0.3 is 0 Å². The fraction of sp³-hybridized carbons (Fsp3) is 0.467. The molecule has 0 saturated carbocycles. The molecule has 1 aliphatic rings. The van der Waals surface area contributed by atoms with E-state index in [0.29, 0.717) is 12.5 Å². The fourth-order valence-electron chi connectivity index (χ4n) is 2.24. The predicted octanol–water partition coefficient (Wildman–Crippen LogP) is 1.95. The Balaban J connectivity index is 2.04. The van der Waals surface area contributed by atoms with Crippen molar-refractivity contribution in [1.82, 2.24) is 5.32 Å². The van der Waals surface area contributed by atoms with Crippen molar-refractivity contribution in [2.45, 2.75) is 20.3 Å². The van der Waals surface area contributed by atoms with E-state index in [-0.39, 0.29) is 30.5 Å². The van der Waals surface area contributed by atoms with E-state index in [0.717, 1.165) is 0 Å². The topological polar surface area (TPSA) is 49.4 Å². The molecular weight excluding hydrogens is 259 g/mol. The molecule has 0 aliphatic carbocycles. The first-order valence-corrected chi connectivity index (χ1v) is 6.81. The van der Waals surface area contributed by atoms with Crippen LogP contribution in [0.2, 0.25) is 0 Å². The third-order valence-electron chi connectivity index (χ3n) is 3.32. The highest BCUT2D eigenvalue weighted by molar-refractivity contribution is 6.00. The number of benzene rings is 1. The lowest BCUT2D eigenvalue weighted by molar-refractivity contribution is -0.126. The molecule has 1 heterocycles. The van der Waals surface area contributed by atoms with E-state index < -0.39 is 11.7 Å². The zero-order chi connectivity index (χ0) is 14.7. The second kappa shape index (κ2) is 6.03. The monoisotopic (exact) mass is 278 g/mol. The van der Waals surface area contributed by atoms with Crippen LogP contribution in [0.3, 0.4) is 0 Å². The molecule has 1 fully saturated rings. The van der Waals surface area contributed by atoms with Gasteiger partial charge in [-0.1, -0.05) is 26.0 Å². The third-order valence-corrected chi connectivity index (χ3v) is 3.32. The van der Waals surface area contributed by atoms with Crippen LogP contribution in [0.15, 0.2) is 24.3 Å². The Kier molecular flexibility index (Phi) is 4.37. The quantitative estimate of drug-likeness (QED) is 0.915. The summed E-state index contributed by atoms with van der Waals surface area (Å²) >= 11 is 0. The number of amides is 2. The number of carbonyl (C=O) groups excluding carboxylic acids is 2. The first kappa shape index (κ1) is 14.5. The maximum absolute atomic E-state index is 13.7. The molecule has 1 N–H and O–H groups in total. The van der Waals surface area contributed by atoms with E-state index in [1.807, 2.05) is 13.8 Å². The minimum absolute atomic E-state index is 0.133. The van der Waals surface area contributed by atoms with Crippen LogP contribution in [0.4, 0.5) is 10.1 Å². The van der Waals surface area contributed by atoms with Gasteiger partial charge < -0.3 is 10.2 Å². The molecule has 1 saturated heterocycles. The fourth-order valence-corrected chi connectivity index (χ4v) is 2.24. The van der Waals surface area contributed by atoms with E-state index in [9.17, 15) is 14.0 Å². The number of hydrogen-bond donors (Lipinski definition) is 1. The molecule has 1 aromatic rings. The average molecular weight is 278 g/mol. The SMILES string of the molecule is CC(C)CNC(=O)C1CC(=O)N(c2ccccc2F)C1. The number of para-hydroxylation sites is 1. The largest absolute Gasteiger partial charge is 0.356 e.